The van der Waals surface area contributed by atoms with Crippen LogP contribution in [0.2, 0.25) is 0 Å². The van der Waals surface area contributed by atoms with Gasteiger partial charge in [-0.25, -0.2) is 10.2 Å². The number of methoxy groups -OCH3 is 1. The van der Waals surface area contributed by atoms with Crippen molar-refractivity contribution in [2.24, 2.45) is 12.1 Å². The van der Waals surface area contributed by atoms with Crippen molar-refractivity contribution in [1.29, 1.82) is 0 Å². The fraction of sp³-hybridized carbons (Fsp3) is 0.250. The van der Waals surface area contributed by atoms with Gasteiger partial charge in [0.2, 0.25) is 5.95 Å². The molecule has 0 unspecified atom stereocenters. The van der Waals surface area contributed by atoms with E-state index < -0.39 is 17.4 Å². The summed E-state index contributed by atoms with van der Waals surface area (Å²) in [5, 5.41) is 15.1. The molecule has 0 saturated carbocycles. The van der Waals surface area contributed by atoms with E-state index in [1.807, 2.05) is 37.3 Å². The Morgan fingerprint density at radius 1 is 1.14 bits per heavy atom. The normalized spacial score (nSPS) is 12.5. The molecule has 0 saturated heterocycles. The molecule has 0 amide bonds. The first-order chi connectivity index (χ1) is 16.9. The highest BCUT2D eigenvalue weighted by molar-refractivity contribution is 5.99. The summed E-state index contributed by atoms with van der Waals surface area (Å²) in [6.45, 7) is 1.76. The molecule has 1 atom stereocenters. The van der Waals surface area contributed by atoms with Gasteiger partial charge in [0.05, 0.1) is 19.4 Å². The number of aliphatic hydroxyl groups is 1. The summed E-state index contributed by atoms with van der Waals surface area (Å²) in [5.74, 6) is 1.45. The zero-order chi connectivity index (χ0) is 24.9. The van der Waals surface area contributed by atoms with Gasteiger partial charge in [0.1, 0.15) is 24.2 Å². The summed E-state index contributed by atoms with van der Waals surface area (Å²) < 4.78 is 13.5. The summed E-state index contributed by atoms with van der Waals surface area (Å²) in [6, 6.07) is 16.5. The number of aliphatic hydroxyl groups excluding tert-OH is 1. The van der Waals surface area contributed by atoms with E-state index in [4.69, 9.17) is 9.47 Å². The van der Waals surface area contributed by atoms with E-state index in [1.165, 1.54) is 16.2 Å². The van der Waals surface area contributed by atoms with Gasteiger partial charge in [0.15, 0.2) is 11.2 Å². The number of fused-ring (bicyclic) bond motifs is 1. The molecule has 0 bridgehead atoms. The fourth-order valence-electron chi connectivity index (χ4n) is 3.50. The van der Waals surface area contributed by atoms with E-state index in [-0.39, 0.29) is 30.3 Å². The number of hydrazone groups is 1. The Kier molecular flexibility index (Phi) is 6.97. The monoisotopic (exact) mass is 478 g/mol. The minimum absolute atomic E-state index is 0.0316. The van der Waals surface area contributed by atoms with Crippen LogP contribution < -0.4 is 26.1 Å². The van der Waals surface area contributed by atoms with Gasteiger partial charge in [-0.15, -0.1) is 0 Å². The number of aromatic nitrogens is 4. The molecule has 2 aromatic carbocycles. The Balaban J connectivity index is 1.62. The highest BCUT2D eigenvalue weighted by Gasteiger charge is 2.20. The lowest BCUT2D eigenvalue weighted by Gasteiger charge is -2.15. The standard InChI is InChI=1S/C24H26N6O5/c1-15(16-7-5-4-6-8-16)27-28-23-25-21-20(22(32)26-24(33)29(21)2)30(23)13-17(31)14-35-19-11-9-18(34-3)10-12-19/h4-12,17,31H,13-14H2,1-3H3,(H,25,28)(H,26,32,33)/b27-15-/t17-/m0/s1. The average molecular weight is 479 g/mol. The number of aromatic amines is 1. The first-order valence-electron chi connectivity index (χ1n) is 10.9. The molecule has 11 heteroatoms. The van der Waals surface area contributed by atoms with Crippen molar-refractivity contribution in [3.8, 4) is 11.5 Å². The lowest BCUT2D eigenvalue weighted by molar-refractivity contribution is 0.0938. The molecule has 0 aliphatic carbocycles. The van der Waals surface area contributed by atoms with Crippen molar-refractivity contribution < 1.29 is 14.6 Å². The Morgan fingerprint density at radius 3 is 2.51 bits per heavy atom. The average Bonchev–Trinajstić information content (AvgIpc) is 3.24. The molecule has 2 heterocycles. The number of nitrogens with zero attached hydrogens (tertiary/aromatic N) is 4. The Bertz CT molecular complexity index is 1450. The minimum atomic E-state index is -0.995. The van der Waals surface area contributed by atoms with Gasteiger partial charge in [-0.05, 0) is 36.8 Å². The number of rotatable bonds is 9. The topological polar surface area (TPSA) is 136 Å². The van der Waals surface area contributed by atoms with E-state index in [1.54, 1.807) is 31.4 Å². The van der Waals surface area contributed by atoms with Crippen molar-refractivity contribution >= 4 is 22.8 Å². The molecule has 0 fully saturated rings. The van der Waals surface area contributed by atoms with Crippen LogP contribution in [0.4, 0.5) is 5.95 Å². The van der Waals surface area contributed by atoms with E-state index in [2.05, 4.69) is 20.5 Å². The number of aryl methyl sites for hydroxylation is 1. The van der Waals surface area contributed by atoms with Crippen LogP contribution in [0.5, 0.6) is 11.5 Å². The molecular weight excluding hydrogens is 452 g/mol. The minimum Gasteiger partial charge on any atom is -0.497 e. The summed E-state index contributed by atoms with van der Waals surface area (Å²) in [7, 11) is 3.08. The van der Waals surface area contributed by atoms with Gasteiger partial charge in [-0.3, -0.25) is 14.3 Å². The maximum atomic E-state index is 12.6. The van der Waals surface area contributed by atoms with Crippen molar-refractivity contribution in [2.45, 2.75) is 19.6 Å². The smallest absolute Gasteiger partial charge is 0.329 e. The highest BCUT2D eigenvalue weighted by atomic mass is 16.5. The molecule has 3 N–H and O–H groups in total. The Morgan fingerprint density at radius 2 is 1.83 bits per heavy atom. The van der Waals surface area contributed by atoms with Crippen LogP contribution in [0.3, 0.4) is 0 Å². The van der Waals surface area contributed by atoms with E-state index in [0.717, 1.165) is 5.56 Å². The lowest BCUT2D eigenvalue weighted by Crippen LogP contribution is -2.30. The number of anilines is 1. The quantitative estimate of drug-likeness (QED) is 0.246. The molecule has 35 heavy (non-hydrogen) atoms. The molecular formula is C24H26N6O5. The Labute approximate surface area is 200 Å². The first kappa shape index (κ1) is 23.8. The van der Waals surface area contributed by atoms with Gasteiger partial charge in [0.25, 0.3) is 5.56 Å². The summed E-state index contributed by atoms with van der Waals surface area (Å²) in [5.41, 5.74) is 3.55. The third-order valence-corrected chi connectivity index (χ3v) is 5.42. The maximum Gasteiger partial charge on any atom is 0.329 e. The largest absolute Gasteiger partial charge is 0.497 e. The molecule has 4 aromatic rings. The molecule has 2 aromatic heterocycles. The number of hydrogen-bond acceptors (Lipinski definition) is 8. The maximum absolute atomic E-state index is 12.6. The van der Waals surface area contributed by atoms with Gasteiger partial charge >= 0.3 is 5.69 Å². The third-order valence-electron chi connectivity index (χ3n) is 5.42. The number of nitrogens with one attached hydrogen (secondary N) is 2. The van der Waals surface area contributed by atoms with Crippen LogP contribution in [-0.4, -0.2) is 49.7 Å². The predicted molar refractivity (Wildman–Crippen MR) is 132 cm³/mol. The molecule has 0 aliphatic heterocycles. The Hall–Kier alpha value is -4.38. The number of imidazole rings is 1. The van der Waals surface area contributed by atoms with Crippen LogP contribution >= 0.6 is 0 Å². The predicted octanol–water partition coefficient (Wildman–Crippen LogP) is 1.71. The molecule has 4 rings (SSSR count). The van der Waals surface area contributed by atoms with Crippen LogP contribution in [0, 0.1) is 0 Å². The van der Waals surface area contributed by atoms with E-state index in [0.29, 0.717) is 17.2 Å². The van der Waals surface area contributed by atoms with Gasteiger partial charge in [-0.1, -0.05) is 30.3 Å². The van der Waals surface area contributed by atoms with Gasteiger partial charge < -0.3 is 19.1 Å². The number of benzene rings is 2. The zero-order valence-electron chi connectivity index (χ0n) is 19.6. The molecule has 182 valence electrons. The fourth-order valence-corrected chi connectivity index (χ4v) is 3.50. The number of hydrogen-bond donors (Lipinski definition) is 3. The van der Waals surface area contributed by atoms with E-state index >= 15 is 0 Å². The van der Waals surface area contributed by atoms with Crippen molar-refractivity contribution in [1.82, 2.24) is 19.1 Å². The highest BCUT2D eigenvalue weighted by Crippen LogP contribution is 2.19. The molecule has 0 spiro atoms. The summed E-state index contributed by atoms with van der Waals surface area (Å²) in [6.07, 6.45) is -0.995. The molecule has 11 nitrogen and oxygen atoms in total. The van der Waals surface area contributed by atoms with Crippen LogP contribution in [0.1, 0.15) is 12.5 Å². The second-order valence-corrected chi connectivity index (χ2v) is 7.85. The second kappa shape index (κ2) is 10.3. The first-order valence-corrected chi connectivity index (χ1v) is 10.9. The van der Waals surface area contributed by atoms with E-state index in [9.17, 15) is 14.7 Å². The van der Waals surface area contributed by atoms with Gasteiger partial charge in [-0.2, -0.15) is 10.1 Å². The van der Waals surface area contributed by atoms with Crippen LogP contribution in [0.25, 0.3) is 11.2 Å². The van der Waals surface area contributed by atoms with Crippen molar-refractivity contribution in [3.05, 3.63) is 81.0 Å². The van der Waals surface area contributed by atoms with Crippen molar-refractivity contribution in [3.63, 3.8) is 0 Å². The summed E-state index contributed by atoms with van der Waals surface area (Å²) in [4.78, 5) is 31.4. The number of ether oxygens (including phenoxy) is 2. The molecule has 0 radical (unpaired) electrons. The van der Waals surface area contributed by atoms with Crippen LogP contribution in [-0.2, 0) is 13.6 Å². The SMILES string of the molecule is COc1ccc(OC[C@@H](O)Cn2c(N/N=C(/C)c3ccccc3)nc3c2c(=O)[nH]c(=O)n3C)cc1. The van der Waals surface area contributed by atoms with Crippen LogP contribution in [0.15, 0.2) is 69.3 Å². The van der Waals surface area contributed by atoms with Crippen molar-refractivity contribution in [2.75, 3.05) is 19.1 Å². The number of H-pyrrole nitrogens is 1. The van der Waals surface area contributed by atoms with Gasteiger partial charge in [0, 0.05) is 7.05 Å². The second-order valence-electron chi connectivity index (χ2n) is 7.85. The zero-order valence-corrected chi connectivity index (χ0v) is 19.6. The lowest BCUT2D eigenvalue weighted by atomic mass is 10.1. The molecule has 0 aliphatic rings. The summed E-state index contributed by atoms with van der Waals surface area (Å²) >= 11 is 0. The third kappa shape index (κ3) is 5.25.